The molecule has 0 spiro atoms. The number of rotatable bonds is 4. The van der Waals surface area contributed by atoms with E-state index in [2.05, 4.69) is 42.2 Å². The quantitative estimate of drug-likeness (QED) is 0.847. The molecule has 1 heterocycles. The number of hydrogen-bond donors (Lipinski definition) is 0. The fraction of sp³-hybridized carbons (Fsp3) is 0.364. The van der Waals surface area contributed by atoms with Crippen LogP contribution >= 0.6 is 0 Å². The van der Waals surface area contributed by atoms with Crippen LogP contribution in [-0.4, -0.2) is 41.4 Å². The molecule has 0 aromatic heterocycles. The lowest BCUT2D eigenvalue weighted by Crippen LogP contribution is -2.49. The molecular formula is C22H25N3O. The van der Waals surface area contributed by atoms with Crippen molar-refractivity contribution >= 4 is 5.91 Å². The highest BCUT2D eigenvalue weighted by atomic mass is 16.2. The molecule has 0 aliphatic carbocycles. The smallest absolute Gasteiger partial charge is 0.253 e. The maximum atomic E-state index is 12.8. The van der Waals surface area contributed by atoms with Gasteiger partial charge in [-0.1, -0.05) is 30.3 Å². The Balaban J connectivity index is 1.60. The Morgan fingerprint density at radius 3 is 2.50 bits per heavy atom. The summed E-state index contributed by atoms with van der Waals surface area (Å²) in [6.07, 6.45) is 1.96. The number of nitrogens with zero attached hydrogens (tertiary/aromatic N) is 3. The van der Waals surface area contributed by atoms with Crippen LogP contribution in [-0.2, 0) is 6.54 Å². The predicted octanol–water partition coefficient (Wildman–Crippen LogP) is 3.68. The zero-order valence-corrected chi connectivity index (χ0v) is 15.4. The average molecular weight is 347 g/mol. The summed E-state index contributed by atoms with van der Waals surface area (Å²) in [7, 11) is 1.89. The van der Waals surface area contributed by atoms with Gasteiger partial charge in [-0.25, -0.2) is 0 Å². The minimum Gasteiger partial charge on any atom is -0.339 e. The van der Waals surface area contributed by atoms with E-state index in [0.29, 0.717) is 17.2 Å². The second-order valence-electron chi connectivity index (χ2n) is 7.09. The van der Waals surface area contributed by atoms with Crippen molar-refractivity contribution in [2.75, 3.05) is 13.6 Å². The monoisotopic (exact) mass is 347 g/mol. The zero-order valence-electron chi connectivity index (χ0n) is 15.4. The highest BCUT2D eigenvalue weighted by molar-refractivity contribution is 5.94. The van der Waals surface area contributed by atoms with Crippen molar-refractivity contribution in [3.05, 3.63) is 71.3 Å². The highest BCUT2D eigenvalue weighted by Gasteiger charge is 2.30. The molecule has 3 rings (SSSR count). The Morgan fingerprint density at radius 2 is 1.88 bits per heavy atom. The molecule has 1 amide bonds. The molecule has 0 radical (unpaired) electrons. The van der Waals surface area contributed by atoms with E-state index in [1.54, 1.807) is 24.3 Å². The standard InChI is InChI=1S/C22H25N3O/c1-17-14-21(12-13-25(17)16-19-6-4-3-5-7-19)24(2)22(26)20-10-8-18(15-23)9-11-20/h3-11,17,21H,12-14,16H2,1-2H3/t17-,21+/m1/s1. The Labute approximate surface area is 155 Å². The van der Waals surface area contributed by atoms with Crippen LogP contribution in [0.1, 0.15) is 41.3 Å². The third-order valence-corrected chi connectivity index (χ3v) is 5.34. The number of carbonyl (C=O) groups excluding carboxylic acids is 1. The second-order valence-corrected chi connectivity index (χ2v) is 7.09. The van der Waals surface area contributed by atoms with Crippen LogP contribution < -0.4 is 0 Å². The van der Waals surface area contributed by atoms with Gasteiger partial charge in [-0.05, 0) is 49.6 Å². The van der Waals surface area contributed by atoms with Crippen LogP contribution in [0.3, 0.4) is 0 Å². The number of nitriles is 1. The molecule has 26 heavy (non-hydrogen) atoms. The molecule has 0 saturated carbocycles. The van der Waals surface area contributed by atoms with Crippen LogP contribution in [0.5, 0.6) is 0 Å². The third kappa shape index (κ3) is 4.12. The van der Waals surface area contributed by atoms with Crippen molar-refractivity contribution in [3.8, 4) is 6.07 Å². The van der Waals surface area contributed by atoms with Crippen LogP contribution in [0.4, 0.5) is 0 Å². The van der Waals surface area contributed by atoms with Gasteiger partial charge in [0.2, 0.25) is 0 Å². The first-order chi connectivity index (χ1) is 12.6. The van der Waals surface area contributed by atoms with Gasteiger partial charge in [0.1, 0.15) is 0 Å². The Kier molecular flexibility index (Phi) is 5.70. The lowest BCUT2D eigenvalue weighted by atomic mass is 9.96. The highest BCUT2D eigenvalue weighted by Crippen LogP contribution is 2.24. The van der Waals surface area contributed by atoms with Crippen molar-refractivity contribution < 1.29 is 4.79 Å². The van der Waals surface area contributed by atoms with Crippen LogP contribution in [0.15, 0.2) is 54.6 Å². The summed E-state index contributed by atoms with van der Waals surface area (Å²) in [5.74, 6) is 0.0307. The SMILES string of the molecule is C[C@@H]1C[C@@H](N(C)C(=O)c2ccc(C#N)cc2)CCN1Cc1ccccc1. The van der Waals surface area contributed by atoms with E-state index < -0.39 is 0 Å². The maximum absolute atomic E-state index is 12.8. The van der Waals surface area contributed by atoms with E-state index in [0.717, 1.165) is 25.9 Å². The molecule has 4 nitrogen and oxygen atoms in total. The molecule has 1 saturated heterocycles. The van der Waals surface area contributed by atoms with Gasteiger partial charge in [-0.2, -0.15) is 5.26 Å². The molecule has 0 bridgehead atoms. The summed E-state index contributed by atoms with van der Waals surface area (Å²) in [5.41, 5.74) is 2.55. The van der Waals surface area contributed by atoms with Crippen LogP contribution in [0.25, 0.3) is 0 Å². The second kappa shape index (κ2) is 8.16. The fourth-order valence-electron chi connectivity index (χ4n) is 3.66. The summed E-state index contributed by atoms with van der Waals surface area (Å²) < 4.78 is 0. The molecular weight excluding hydrogens is 322 g/mol. The van der Waals surface area contributed by atoms with Gasteiger partial charge in [0.05, 0.1) is 11.6 Å². The third-order valence-electron chi connectivity index (χ3n) is 5.34. The largest absolute Gasteiger partial charge is 0.339 e. The number of piperidine rings is 1. The number of hydrogen-bond acceptors (Lipinski definition) is 3. The molecule has 2 aromatic rings. The van der Waals surface area contributed by atoms with Crippen molar-refractivity contribution in [1.82, 2.24) is 9.80 Å². The number of likely N-dealkylation sites (tertiary alicyclic amines) is 1. The molecule has 1 aliphatic heterocycles. The first-order valence-corrected chi connectivity index (χ1v) is 9.14. The molecule has 1 fully saturated rings. The van der Waals surface area contributed by atoms with Gasteiger partial charge in [0.15, 0.2) is 0 Å². The van der Waals surface area contributed by atoms with E-state index in [1.165, 1.54) is 5.56 Å². The summed E-state index contributed by atoms with van der Waals surface area (Å²) in [6.45, 7) is 4.20. The summed E-state index contributed by atoms with van der Waals surface area (Å²) >= 11 is 0. The molecule has 1 aliphatic rings. The fourth-order valence-corrected chi connectivity index (χ4v) is 3.66. The molecule has 2 aromatic carbocycles. The Bertz CT molecular complexity index is 779. The zero-order chi connectivity index (χ0) is 18.5. The normalized spacial score (nSPS) is 20.3. The lowest BCUT2D eigenvalue weighted by molar-refractivity contribution is 0.0538. The maximum Gasteiger partial charge on any atom is 0.253 e. The van der Waals surface area contributed by atoms with E-state index in [-0.39, 0.29) is 11.9 Å². The minimum absolute atomic E-state index is 0.0307. The lowest BCUT2D eigenvalue weighted by Gasteiger charge is -2.41. The molecule has 0 N–H and O–H groups in total. The molecule has 2 atom stereocenters. The van der Waals surface area contributed by atoms with Gasteiger partial charge in [-0.15, -0.1) is 0 Å². The van der Waals surface area contributed by atoms with E-state index >= 15 is 0 Å². The van der Waals surface area contributed by atoms with Gasteiger partial charge in [0, 0.05) is 37.8 Å². The number of benzene rings is 2. The Morgan fingerprint density at radius 1 is 1.19 bits per heavy atom. The molecule has 0 unspecified atom stereocenters. The van der Waals surface area contributed by atoms with Crippen LogP contribution in [0.2, 0.25) is 0 Å². The van der Waals surface area contributed by atoms with Gasteiger partial charge < -0.3 is 4.90 Å². The first-order valence-electron chi connectivity index (χ1n) is 9.14. The average Bonchev–Trinajstić information content (AvgIpc) is 2.69. The summed E-state index contributed by atoms with van der Waals surface area (Å²) in [6, 6.07) is 20.2. The van der Waals surface area contributed by atoms with Gasteiger partial charge in [-0.3, -0.25) is 9.69 Å². The van der Waals surface area contributed by atoms with E-state index in [1.807, 2.05) is 18.0 Å². The molecule has 134 valence electrons. The number of amides is 1. The van der Waals surface area contributed by atoms with Crippen molar-refractivity contribution in [3.63, 3.8) is 0 Å². The van der Waals surface area contributed by atoms with Crippen molar-refractivity contribution in [1.29, 1.82) is 5.26 Å². The van der Waals surface area contributed by atoms with Crippen LogP contribution in [0, 0.1) is 11.3 Å². The Hall–Kier alpha value is -2.64. The first kappa shape index (κ1) is 18.2. The molecule has 4 heteroatoms. The summed E-state index contributed by atoms with van der Waals surface area (Å²) in [5, 5.41) is 8.89. The van der Waals surface area contributed by atoms with E-state index in [4.69, 9.17) is 5.26 Å². The van der Waals surface area contributed by atoms with Gasteiger partial charge in [0.25, 0.3) is 5.91 Å². The van der Waals surface area contributed by atoms with Crippen molar-refractivity contribution in [2.24, 2.45) is 0 Å². The van der Waals surface area contributed by atoms with E-state index in [9.17, 15) is 4.79 Å². The van der Waals surface area contributed by atoms with Gasteiger partial charge >= 0.3 is 0 Å². The van der Waals surface area contributed by atoms with Crippen molar-refractivity contribution in [2.45, 2.75) is 38.4 Å². The predicted molar refractivity (Wildman–Crippen MR) is 103 cm³/mol. The minimum atomic E-state index is 0.0307. The topological polar surface area (TPSA) is 47.3 Å². The summed E-state index contributed by atoms with van der Waals surface area (Å²) in [4.78, 5) is 17.1. The number of carbonyl (C=O) groups is 1.